The van der Waals surface area contributed by atoms with E-state index in [9.17, 15) is 0 Å². The molecule has 2 aliphatic rings. The summed E-state index contributed by atoms with van der Waals surface area (Å²) in [5.74, 6) is 0. The molecular formula is C37H60Br2N2O4. The third-order valence-electron chi connectivity index (χ3n) is 9.08. The largest absolute Gasteiger partial charge is 1.00 e. The highest BCUT2D eigenvalue weighted by Gasteiger charge is 2.42. The van der Waals surface area contributed by atoms with E-state index in [-0.39, 0.29) is 52.0 Å². The van der Waals surface area contributed by atoms with Crippen LogP contribution in [-0.2, 0) is 32.0 Å². The minimum atomic E-state index is -0.327. The maximum absolute atomic E-state index is 6.19. The van der Waals surface area contributed by atoms with E-state index < -0.39 is 0 Å². The van der Waals surface area contributed by atoms with Gasteiger partial charge in [0.15, 0.2) is 37.4 Å². The quantitative estimate of drug-likeness (QED) is 0.154. The number of unbranched alkanes of at least 4 members (excludes halogenated alkanes) is 14. The summed E-state index contributed by atoms with van der Waals surface area (Å²) in [4.78, 5) is 0. The first kappa shape index (κ1) is 40.3. The molecule has 6 nitrogen and oxygen atoms in total. The van der Waals surface area contributed by atoms with E-state index in [0.29, 0.717) is 26.4 Å². The van der Waals surface area contributed by atoms with Crippen molar-refractivity contribution in [1.82, 2.24) is 0 Å². The van der Waals surface area contributed by atoms with Gasteiger partial charge >= 0.3 is 0 Å². The zero-order valence-corrected chi connectivity index (χ0v) is 31.3. The Morgan fingerprint density at radius 3 is 1.09 bits per heavy atom. The average molecular weight is 757 g/mol. The Balaban J connectivity index is 0.00000353. The van der Waals surface area contributed by atoms with Gasteiger partial charge in [0.2, 0.25) is 0 Å². The minimum Gasteiger partial charge on any atom is -1.00 e. The lowest BCUT2D eigenvalue weighted by Crippen LogP contribution is -3.00. The van der Waals surface area contributed by atoms with Gasteiger partial charge in [-0.3, -0.25) is 0 Å². The third-order valence-corrected chi connectivity index (χ3v) is 9.08. The molecule has 4 heterocycles. The zero-order valence-electron chi connectivity index (χ0n) is 28.1. The second-order valence-corrected chi connectivity index (χ2v) is 13.1. The summed E-state index contributed by atoms with van der Waals surface area (Å²) in [6, 6.07) is 8.53. The number of hydrogen-bond acceptors (Lipinski definition) is 4. The fourth-order valence-electron chi connectivity index (χ4n) is 6.15. The van der Waals surface area contributed by atoms with Crippen molar-refractivity contribution in [1.29, 1.82) is 0 Å². The Morgan fingerprint density at radius 2 is 0.778 bits per heavy atom. The molecule has 45 heavy (non-hydrogen) atoms. The van der Waals surface area contributed by atoms with Crippen LogP contribution in [0, 0.1) is 5.41 Å². The van der Waals surface area contributed by atoms with E-state index in [0.717, 1.165) is 24.2 Å². The molecule has 0 bridgehead atoms. The molecule has 0 aliphatic carbocycles. The van der Waals surface area contributed by atoms with Gasteiger partial charge in [-0.15, -0.1) is 0 Å². The highest BCUT2D eigenvalue weighted by Crippen LogP contribution is 2.37. The molecule has 2 aliphatic heterocycles. The minimum absolute atomic E-state index is 0. The van der Waals surface area contributed by atoms with Gasteiger partial charge in [0.05, 0.1) is 31.8 Å². The normalized spacial score (nSPS) is 21.3. The molecule has 2 aromatic heterocycles. The van der Waals surface area contributed by atoms with Gasteiger partial charge in [0, 0.05) is 48.2 Å². The molecule has 2 aromatic rings. The second-order valence-electron chi connectivity index (χ2n) is 13.1. The summed E-state index contributed by atoms with van der Waals surface area (Å²) in [6.45, 7) is 8.99. The van der Waals surface area contributed by atoms with Gasteiger partial charge < -0.3 is 52.9 Å². The predicted octanol–water partition coefficient (Wildman–Crippen LogP) is 2.33. The molecule has 0 radical (unpaired) electrons. The van der Waals surface area contributed by atoms with Gasteiger partial charge in [-0.2, -0.15) is 0 Å². The fraction of sp³-hybridized carbons (Fsp3) is 0.730. The summed E-state index contributed by atoms with van der Waals surface area (Å²) >= 11 is 0. The van der Waals surface area contributed by atoms with Crippen molar-refractivity contribution in [2.24, 2.45) is 5.41 Å². The zero-order chi connectivity index (χ0) is 30.0. The van der Waals surface area contributed by atoms with Crippen LogP contribution in [0.3, 0.4) is 0 Å². The van der Waals surface area contributed by atoms with Gasteiger partial charge in [-0.05, 0) is 12.8 Å². The summed E-state index contributed by atoms with van der Waals surface area (Å²) < 4.78 is 29.3. The van der Waals surface area contributed by atoms with E-state index in [1.54, 1.807) is 0 Å². The first-order chi connectivity index (χ1) is 21.2. The van der Waals surface area contributed by atoms with Gasteiger partial charge in [-0.25, -0.2) is 9.13 Å². The van der Waals surface area contributed by atoms with Gasteiger partial charge in [-0.1, -0.05) is 90.9 Å². The number of hydrogen-bond donors (Lipinski definition) is 0. The Labute approximate surface area is 295 Å². The molecule has 0 saturated carbocycles. The van der Waals surface area contributed by atoms with Crippen LogP contribution < -0.4 is 43.1 Å². The van der Waals surface area contributed by atoms with E-state index in [2.05, 4.69) is 72.0 Å². The Morgan fingerprint density at radius 1 is 0.489 bits per heavy atom. The molecule has 0 amide bonds. The molecule has 1 spiro atoms. The van der Waals surface area contributed by atoms with Crippen molar-refractivity contribution < 1.29 is 62.0 Å². The number of aromatic nitrogens is 2. The topological polar surface area (TPSA) is 44.7 Å². The van der Waals surface area contributed by atoms with Crippen molar-refractivity contribution >= 4 is 0 Å². The molecule has 4 rings (SSSR count). The summed E-state index contributed by atoms with van der Waals surface area (Å²) in [6.07, 6.45) is 29.5. The molecular weight excluding hydrogens is 696 g/mol. The first-order valence-corrected chi connectivity index (χ1v) is 17.7. The van der Waals surface area contributed by atoms with Crippen LogP contribution in [0.15, 0.2) is 49.1 Å². The van der Waals surface area contributed by atoms with Crippen LogP contribution >= 0.6 is 0 Å². The van der Waals surface area contributed by atoms with Crippen LogP contribution in [0.1, 0.15) is 140 Å². The summed E-state index contributed by atoms with van der Waals surface area (Å²) in [5.41, 5.74) is 1.90. The first-order valence-electron chi connectivity index (χ1n) is 17.7. The SMILES string of the molecule is CCCCCCCCCC[n+]1ccc(C2OCC3(CO2)COC(c2cc[n+](CCCCCCCCCC)cc2)OC3)cc1.[Br-].[Br-]. The summed E-state index contributed by atoms with van der Waals surface area (Å²) in [5, 5.41) is 0. The monoisotopic (exact) mass is 754 g/mol. The molecule has 256 valence electrons. The second kappa shape index (κ2) is 23.4. The number of ether oxygens (including phenoxy) is 4. The van der Waals surface area contributed by atoms with E-state index in [4.69, 9.17) is 18.9 Å². The maximum Gasteiger partial charge on any atom is 0.184 e. The smallest absolute Gasteiger partial charge is 0.184 e. The fourth-order valence-corrected chi connectivity index (χ4v) is 6.15. The van der Waals surface area contributed by atoms with Crippen LogP contribution in [0.2, 0.25) is 0 Å². The highest BCUT2D eigenvalue weighted by atomic mass is 79.9. The van der Waals surface area contributed by atoms with Crippen LogP contribution in [0.5, 0.6) is 0 Å². The molecule has 2 fully saturated rings. The molecule has 0 unspecified atom stereocenters. The number of nitrogens with zero attached hydrogens (tertiary/aromatic N) is 2. The van der Waals surface area contributed by atoms with E-state index in [1.807, 2.05) is 0 Å². The third kappa shape index (κ3) is 14.4. The Bertz CT molecular complexity index is 907. The Hall–Kier alpha value is -0.900. The molecule has 0 N–H and O–H groups in total. The van der Waals surface area contributed by atoms with Gasteiger partial charge in [0.25, 0.3) is 0 Å². The highest BCUT2D eigenvalue weighted by molar-refractivity contribution is 5.11. The predicted molar refractivity (Wildman–Crippen MR) is 170 cm³/mol. The number of rotatable bonds is 20. The van der Waals surface area contributed by atoms with Crippen molar-refractivity contribution in [3.8, 4) is 0 Å². The average Bonchev–Trinajstić information content (AvgIpc) is 3.05. The maximum atomic E-state index is 6.19. The van der Waals surface area contributed by atoms with Gasteiger partial charge in [0.1, 0.15) is 13.1 Å². The van der Waals surface area contributed by atoms with Crippen LogP contribution in [-0.4, -0.2) is 26.4 Å². The van der Waals surface area contributed by atoms with Crippen LogP contribution in [0.4, 0.5) is 0 Å². The lowest BCUT2D eigenvalue weighted by molar-refractivity contribution is -0.697. The van der Waals surface area contributed by atoms with E-state index in [1.165, 1.54) is 103 Å². The molecule has 2 saturated heterocycles. The Kier molecular flexibility index (Phi) is 21.0. The van der Waals surface area contributed by atoms with Crippen molar-refractivity contribution in [2.75, 3.05) is 26.4 Å². The standard InChI is InChI=1S/C37H60N2O4.2BrH/c1-3-5-7-9-11-13-15-17-23-38-25-19-33(20-26-38)35-40-29-37(30-41-35)31-42-36(43-32-37)34-21-27-39(28-22-34)24-18-16-14-12-10-8-6-4-2;;/h19-22,25-28,35-36H,3-18,23-24,29-32H2,1-2H3;2*1H/q+2;;/p-2. The van der Waals surface area contributed by atoms with Crippen LogP contribution in [0.25, 0.3) is 0 Å². The lowest BCUT2D eigenvalue weighted by Gasteiger charge is -2.43. The van der Waals surface area contributed by atoms with Crippen molar-refractivity contribution in [2.45, 2.75) is 142 Å². The lowest BCUT2D eigenvalue weighted by atomic mass is 9.90. The number of pyridine rings is 2. The molecule has 8 heteroatoms. The van der Waals surface area contributed by atoms with E-state index >= 15 is 0 Å². The summed E-state index contributed by atoms with van der Waals surface area (Å²) in [7, 11) is 0. The van der Waals surface area contributed by atoms with Crippen molar-refractivity contribution in [3.63, 3.8) is 0 Å². The van der Waals surface area contributed by atoms with Crippen molar-refractivity contribution in [3.05, 3.63) is 60.2 Å². The molecule has 0 aromatic carbocycles. The number of halogens is 2. The number of aryl methyl sites for hydroxylation is 2. The molecule has 0 atom stereocenters.